The van der Waals surface area contributed by atoms with Crippen molar-refractivity contribution in [3.05, 3.63) is 30.0 Å². The Hall–Kier alpha value is -1.04. The number of hydrogen-bond donors (Lipinski definition) is 0. The Bertz CT molecular complexity index is 627. The van der Waals surface area contributed by atoms with Crippen LogP contribution >= 0.6 is 0 Å². The van der Waals surface area contributed by atoms with Crippen LogP contribution in [-0.4, -0.2) is 55.8 Å². The molecule has 0 aromatic carbocycles. The summed E-state index contributed by atoms with van der Waals surface area (Å²) in [5, 5.41) is 0. The molecular weight excluding hydrogens is 407 g/mol. The fourth-order valence-electron chi connectivity index (χ4n) is 2.51. The van der Waals surface area contributed by atoms with Crippen molar-refractivity contribution in [2.24, 2.45) is 0 Å². The first-order chi connectivity index (χ1) is 11.0. The summed E-state index contributed by atoms with van der Waals surface area (Å²) < 4.78 is 7.13. The molecule has 1 amide bonds. The number of carbonyl (C=O) groups is 1. The predicted octanol–water partition coefficient (Wildman–Crippen LogP) is 3.65. The van der Waals surface area contributed by atoms with Crippen molar-refractivity contribution in [2.75, 3.05) is 13.1 Å². The van der Waals surface area contributed by atoms with E-state index in [1.54, 1.807) is 4.90 Å². The quantitative estimate of drug-likeness (QED) is 0.667. The summed E-state index contributed by atoms with van der Waals surface area (Å²) in [4.78, 5) is 18.5. The molecule has 1 aromatic rings. The molecule has 0 atom stereocenters. The summed E-state index contributed by atoms with van der Waals surface area (Å²) in [5.74, 6) is 0. The van der Waals surface area contributed by atoms with Gasteiger partial charge in [0.15, 0.2) is 0 Å². The van der Waals surface area contributed by atoms with E-state index < -0.39 is 26.7 Å². The van der Waals surface area contributed by atoms with Crippen molar-refractivity contribution in [1.82, 2.24) is 9.88 Å². The van der Waals surface area contributed by atoms with E-state index in [0.29, 0.717) is 16.5 Å². The molecule has 1 aliphatic heterocycles. The fraction of sp³-hybridized carbons (Fsp3) is 0.579. The maximum atomic E-state index is 12.1. The van der Waals surface area contributed by atoms with Gasteiger partial charge in [-0.2, -0.15) is 0 Å². The average Bonchev–Trinajstić information content (AvgIpc) is 2.44. The molecule has 0 saturated heterocycles. The minimum absolute atomic E-state index is 0.227. The van der Waals surface area contributed by atoms with Crippen LogP contribution in [0.25, 0.3) is 5.57 Å². The van der Waals surface area contributed by atoms with Crippen LogP contribution in [0, 0.1) is 0 Å². The molecule has 1 aliphatic rings. The molecule has 130 valence electrons. The van der Waals surface area contributed by atoms with Crippen molar-refractivity contribution < 1.29 is 9.53 Å². The molecular formula is C19H28N2O2Sn. The van der Waals surface area contributed by atoms with Crippen LogP contribution in [0.1, 0.15) is 53.5 Å². The molecule has 2 radical (unpaired) electrons. The first-order valence-corrected chi connectivity index (χ1v) is 11.3. The summed E-state index contributed by atoms with van der Waals surface area (Å²) in [6, 6.07) is 4.34. The normalized spacial score (nSPS) is 15.9. The second-order valence-electron chi connectivity index (χ2n) is 8.21. The molecule has 0 unspecified atom stereocenters. The summed E-state index contributed by atoms with van der Waals surface area (Å²) in [6.45, 7) is 13.9. The first kappa shape index (κ1) is 19.3. The molecule has 24 heavy (non-hydrogen) atoms. The van der Waals surface area contributed by atoms with Crippen LogP contribution in [0.5, 0.6) is 0 Å². The Balaban J connectivity index is 2.05. The van der Waals surface area contributed by atoms with E-state index in [-0.39, 0.29) is 6.09 Å². The molecule has 4 nitrogen and oxygen atoms in total. The van der Waals surface area contributed by atoms with Crippen molar-refractivity contribution in [3.63, 3.8) is 0 Å². The van der Waals surface area contributed by atoms with Crippen molar-refractivity contribution in [1.29, 1.82) is 0 Å². The van der Waals surface area contributed by atoms with Crippen LogP contribution < -0.4 is 3.71 Å². The van der Waals surface area contributed by atoms with Crippen LogP contribution in [0.3, 0.4) is 0 Å². The van der Waals surface area contributed by atoms with Gasteiger partial charge in [0.05, 0.1) is 0 Å². The summed E-state index contributed by atoms with van der Waals surface area (Å²) in [7, 11) is 0. The number of carbonyl (C=O) groups excluding carboxylic acids is 1. The van der Waals surface area contributed by atoms with Crippen molar-refractivity contribution >= 4 is 36.5 Å². The third-order valence-corrected chi connectivity index (χ3v) is 7.15. The molecule has 0 N–H and O–H groups in total. The molecule has 0 aliphatic carbocycles. The second kappa shape index (κ2) is 7.46. The number of nitrogens with zero attached hydrogens (tertiary/aromatic N) is 2. The van der Waals surface area contributed by atoms with E-state index in [1.165, 1.54) is 14.8 Å². The predicted molar refractivity (Wildman–Crippen MR) is 99.7 cm³/mol. The monoisotopic (exact) mass is 436 g/mol. The Labute approximate surface area is 155 Å². The van der Waals surface area contributed by atoms with E-state index in [4.69, 9.17) is 4.74 Å². The van der Waals surface area contributed by atoms with Crippen molar-refractivity contribution in [2.45, 2.75) is 57.0 Å². The second-order valence-corrected chi connectivity index (χ2v) is 14.7. The summed E-state index contributed by atoms with van der Waals surface area (Å²) in [6.07, 6.45) is 4.71. The molecule has 0 saturated carbocycles. The van der Waals surface area contributed by atoms with Gasteiger partial charge in [-0.15, -0.1) is 0 Å². The van der Waals surface area contributed by atoms with E-state index in [9.17, 15) is 4.79 Å². The third-order valence-electron chi connectivity index (χ3n) is 3.49. The van der Waals surface area contributed by atoms with Gasteiger partial charge >= 0.3 is 156 Å². The van der Waals surface area contributed by atoms with Crippen LogP contribution in [0.15, 0.2) is 24.4 Å². The number of hydrogen-bond acceptors (Lipinski definition) is 3. The fourth-order valence-corrected chi connectivity index (χ4v) is 5.75. The molecule has 0 bridgehead atoms. The Morgan fingerprint density at radius 2 is 1.96 bits per heavy atom. The molecule has 0 spiro atoms. The van der Waals surface area contributed by atoms with Crippen molar-refractivity contribution in [3.8, 4) is 0 Å². The topological polar surface area (TPSA) is 42.4 Å². The van der Waals surface area contributed by atoms with Crippen LogP contribution in [0.2, 0.25) is 3.43 Å². The zero-order valence-electron chi connectivity index (χ0n) is 15.6. The summed E-state index contributed by atoms with van der Waals surface area (Å²) in [5.41, 5.74) is 2.13. The van der Waals surface area contributed by atoms with Gasteiger partial charge < -0.3 is 0 Å². The van der Waals surface area contributed by atoms with E-state index in [1.807, 2.05) is 27.0 Å². The SMILES string of the molecule is CC(C)(C)OC(=O)N1CC=C(c2ccn[c]([Sn][C](C)(C)C)c2)CC1. The van der Waals surface area contributed by atoms with Gasteiger partial charge in [0.1, 0.15) is 0 Å². The molecule has 0 fully saturated rings. The van der Waals surface area contributed by atoms with Gasteiger partial charge in [0, 0.05) is 0 Å². The number of pyridine rings is 1. The van der Waals surface area contributed by atoms with E-state index in [0.717, 1.165) is 6.42 Å². The van der Waals surface area contributed by atoms with Gasteiger partial charge in [0.25, 0.3) is 0 Å². The molecule has 2 rings (SSSR count). The van der Waals surface area contributed by atoms with Gasteiger partial charge in [-0.1, -0.05) is 0 Å². The number of ether oxygens (including phenoxy) is 1. The number of amides is 1. The van der Waals surface area contributed by atoms with E-state index >= 15 is 0 Å². The van der Waals surface area contributed by atoms with Crippen LogP contribution in [0.4, 0.5) is 4.79 Å². The standard InChI is InChI=1S/C15H19N2O2.C4H9.Sn/c1-15(2,3)19-14(18)17-10-6-13(7-11-17)12-4-8-16-9-5-12;1-4(2)3;/h4-6,8H,7,10-11H2,1-3H3;1-3H3;. The Morgan fingerprint density at radius 1 is 1.25 bits per heavy atom. The van der Waals surface area contributed by atoms with E-state index in [2.05, 4.69) is 44.0 Å². The zero-order valence-corrected chi connectivity index (χ0v) is 18.5. The number of aromatic nitrogens is 1. The van der Waals surface area contributed by atoms with Gasteiger partial charge in [0.2, 0.25) is 0 Å². The van der Waals surface area contributed by atoms with Gasteiger partial charge in [-0.05, 0) is 0 Å². The van der Waals surface area contributed by atoms with Gasteiger partial charge in [-0.3, -0.25) is 0 Å². The number of rotatable bonds is 2. The summed E-state index contributed by atoms with van der Waals surface area (Å²) >= 11 is -0.699. The first-order valence-electron chi connectivity index (χ1n) is 8.45. The molecule has 5 heteroatoms. The maximum absolute atomic E-state index is 12.1. The minimum atomic E-state index is -0.699. The molecule has 1 aromatic heterocycles. The van der Waals surface area contributed by atoms with Gasteiger partial charge in [-0.25, -0.2) is 0 Å². The molecule has 2 heterocycles. The Morgan fingerprint density at radius 3 is 2.50 bits per heavy atom. The Kier molecular flexibility index (Phi) is 5.99. The zero-order chi connectivity index (χ0) is 18.0. The average molecular weight is 435 g/mol. The van der Waals surface area contributed by atoms with Crippen LogP contribution in [-0.2, 0) is 4.74 Å². The third kappa shape index (κ3) is 6.11.